The van der Waals surface area contributed by atoms with E-state index in [1.54, 1.807) is 21.1 Å². The van der Waals surface area contributed by atoms with Crippen molar-refractivity contribution < 1.29 is 26.3 Å². The van der Waals surface area contributed by atoms with Crippen LogP contribution in [0.25, 0.3) is 27.8 Å². The van der Waals surface area contributed by atoms with E-state index in [0.29, 0.717) is 29.7 Å². The van der Waals surface area contributed by atoms with Crippen LogP contribution in [0.3, 0.4) is 0 Å². The van der Waals surface area contributed by atoms with Gasteiger partial charge in [0.25, 0.3) is 0 Å². The van der Waals surface area contributed by atoms with Crippen LogP contribution in [0.15, 0.2) is 43.1 Å². The van der Waals surface area contributed by atoms with Gasteiger partial charge in [-0.25, -0.2) is 36.5 Å². The highest BCUT2D eigenvalue weighted by Gasteiger charge is 2.28. The van der Waals surface area contributed by atoms with Gasteiger partial charge in [-0.05, 0) is 25.3 Å². The van der Waals surface area contributed by atoms with Gasteiger partial charge in [-0.3, -0.25) is 0 Å². The summed E-state index contributed by atoms with van der Waals surface area (Å²) in [5, 5.41) is 0. The van der Waals surface area contributed by atoms with Crippen LogP contribution in [0.1, 0.15) is 31.7 Å². The third-order valence-electron chi connectivity index (χ3n) is 7.91. The van der Waals surface area contributed by atoms with E-state index >= 15 is 13.2 Å². The Bertz CT molecular complexity index is 1690. The second-order valence-electron chi connectivity index (χ2n) is 10.8. The molecule has 1 aliphatic rings. The quantitative estimate of drug-likeness (QED) is 0.238. The van der Waals surface area contributed by atoms with E-state index in [4.69, 9.17) is 9.72 Å². The molecule has 0 unspecified atom stereocenters. The number of sulfone groups is 1. The van der Waals surface area contributed by atoms with Crippen molar-refractivity contribution in [2.45, 2.75) is 38.0 Å². The van der Waals surface area contributed by atoms with Crippen LogP contribution < -0.4 is 4.90 Å². The number of methoxy groups -OCH3 is 1. The predicted octanol–water partition coefficient (Wildman–Crippen LogP) is 4.77. The van der Waals surface area contributed by atoms with Gasteiger partial charge < -0.3 is 19.1 Å². The number of benzene rings is 1. The minimum atomic E-state index is -3.62. The molecule has 0 saturated carbocycles. The molecule has 230 valence electrons. The molecule has 4 aromatic rings. The van der Waals surface area contributed by atoms with Crippen molar-refractivity contribution in [3.05, 3.63) is 66.1 Å². The average Bonchev–Trinajstić information content (AvgIpc) is 3.35. The van der Waals surface area contributed by atoms with Crippen molar-refractivity contribution in [2.24, 2.45) is 0 Å². The highest BCUT2D eigenvalue weighted by Crippen LogP contribution is 2.36. The number of ether oxygens (including phenoxy) is 1. The summed E-state index contributed by atoms with van der Waals surface area (Å²) in [5.41, 5.74) is 0.712. The van der Waals surface area contributed by atoms with E-state index in [1.165, 1.54) is 35.6 Å². The fourth-order valence-electron chi connectivity index (χ4n) is 5.65. The maximum absolute atomic E-state index is 15.9. The Morgan fingerprint density at radius 2 is 1.81 bits per heavy atom. The number of hydrogen-bond donors (Lipinski definition) is 0. The number of fused-ring (bicyclic) bond motifs is 1. The SMILES string of the molecule is CCCS(=O)(=O)Cc1ccc(F)c(-n2cc(-c3cncnc3)c3nc(N(C)C4CCN(CCOC)CC4)c(F)cc32)c1F. The van der Waals surface area contributed by atoms with E-state index < -0.39 is 38.7 Å². The monoisotopic (exact) mass is 616 g/mol. The fourth-order valence-corrected chi connectivity index (χ4v) is 7.11. The van der Waals surface area contributed by atoms with Crippen molar-refractivity contribution >= 4 is 26.7 Å². The van der Waals surface area contributed by atoms with E-state index in [0.717, 1.165) is 44.6 Å². The van der Waals surface area contributed by atoms with Crippen LogP contribution in [-0.2, 0) is 20.3 Å². The Labute approximate surface area is 249 Å². The smallest absolute Gasteiger partial charge is 0.167 e. The first-order valence-corrected chi connectivity index (χ1v) is 16.0. The molecule has 0 spiro atoms. The van der Waals surface area contributed by atoms with Crippen molar-refractivity contribution in [2.75, 3.05) is 51.1 Å². The summed E-state index contributed by atoms with van der Waals surface area (Å²) >= 11 is 0. The third-order valence-corrected chi connectivity index (χ3v) is 9.69. The summed E-state index contributed by atoms with van der Waals surface area (Å²) in [6, 6.07) is 3.41. The molecular formula is C30H35F3N6O3S. The molecule has 0 N–H and O–H groups in total. The zero-order chi connectivity index (χ0) is 30.7. The molecule has 5 rings (SSSR count). The number of rotatable bonds is 11. The lowest BCUT2D eigenvalue weighted by atomic mass is 10.0. The van der Waals surface area contributed by atoms with Crippen LogP contribution in [-0.4, -0.2) is 85.0 Å². The summed E-state index contributed by atoms with van der Waals surface area (Å²) in [7, 11) is -0.143. The third kappa shape index (κ3) is 6.53. The topological polar surface area (TPSA) is 93.4 Å². The second-order valence-corrected chi connectivity index (χ2v) is 13.0. The number of aromatic nitrogens is 4. The molecular weight excluding hydrogens is 581 g/mol. The van der Waals surface area contributed by atoms with E-state index in [9.17, 15) is 8.42 Å². The fraction of sp³-hybridized carbons (Fsp3) is 0.433. The molecule has 0 aliphatic carbocycles. The van der Waals surface area contributed by atoms with Gasteiger partial charge in [-0.15, -0.1) is 0 Å². The normalized spacial score (nSPS) is 14.9. The molecule has 1 saturated heterocycles. The zero-order valence-electron chi connectivity index (χ0n) is 24.4. The summed E-state index contributed by atoms with van der Waals surface area (Å²) in [6.07, 6.45) is 7.88. The van der Waals surface area contributed by atoms with Crippen molar-refractivity contribution in [1.82, 2.24) is 24.4 Å². The minimum Gasteiger partial charge on any atom is -0.383 e. The number of nitrogens with zero attached hydrogens (tertiary/aromatic N) is 6. The Kier molecular flexibility index (Phi) is 9.33. The number of pyridine rings is 1. The number of piperidine rings is 1. The van der Waals surface area contributed by atoms with Gasteiger partial charge >= 0.3 is 0 Å². The van der Waals surface area contributed by atoms with E-state index in [1.807, 2.05) is 4.90 Å². The molecule has 0 radical (unpaired) electrons. The Morgan fingerprint density at radius 1 is 1.09 bits per heavy atom. The molecule has 1 fully saturated rings. The standard InChI is InChI=1S/C30H35F3N6O3S/c1-4-13-43(40,41)18-20-5-6-24(31)29(27(20)33)39-17-23(21-15-34-19-35-16-21)28-26(39)14-25(32)30(36-28)37(2)22-7-9-38(10-8-22)11-12-42-3/h5-6,14-17,19,22H,4,7-13,18H2,1-3H3. The number of halogens is 3. The van der Waals surface area contributed by atoms with Crippen LogP contribution in [0.5, 0.6) is 0 Å². The van der Waals surface area contributed by atoms with E-state index in [2.05, 4.69) is 14.9 Å². The van der Waals surface area contributed by atoms with Crippen molar-refractivity contribution in [1.29, 1.82) is 0 Å². The lowest BCUT2D eigenvalue weighted by molar-refractivity contribution is 0.130. The Hall–Kier alpha value is -3.55. The van der Waals surface area contributed by atoms with Gasteiger partial charge in [-0.1, -0.05) is 13.0 Å². The molecule has 3 aromatic heterocycles. The first kappa shape index (κ1) is 30.9. The molecule has 4 heterocycles. The van der Waals surface area contributed by atoms with Crippen molar-refractivity contribution in [3.8, 4) is 16.8 Å². The molecule has 0 atom stereocenters. The van der Waals surface area contributed by atoms with Gasteiger partial charge in [0.2, 0.25) is 0 Å². The predicted molar refractivity (Wildman–Crippen MR) is 159 cm³/mol. The van der Waals surface area contributed by atoms with Gasteiger partial charge in [-0.2, -0.15) is 0 Å². The van der Waals surface area contributed by atoms with Crippen LogP contribution in [0.2, 0.25) is 0 Å². The maximum Gasteiger partial charge on any atom is 0.167 e. The Balaban J connectivity index is 1.60. The van der Waals surface area contributed by atoms with Crippen LogP contribution in [0, 0.1) is 17.5 Å². The molecule has 13 heteroatoms. The summed E-state index contributed by atoms with van der Waals surface area (Å²) in [5.74, 6) is -3.18. The van der Waals surface area contributed by atoms with Gasteiger partial charge in [0.05, 0.1) is 29.1 Å². The van der Waals surface area contributed by atoms with E-state index in [-0.39, 0.29) is 28.7 Å². The average molecular weight is 617 g/mol. The minimum absolute atomic E-state index is 0.0421. The number of anilines is 1. The van der Waals surface area contributed by atoms with Crippen LogP contribution >= 0.6 is 0 Å². The van der Waals surface area contributed by atoms with Gasteiger partial charge in [0.1, 0.15) is 17.8 Å². The van der Waals surface area contributed by atoms with Gasteiger partial charge in [0, 0.05) is 81.2 Å². The molecule has 1 aromatic carbocycles. The molecule has 0 bridgehead atoms. The van der Waals surface area contributed by atoms with Gasteiger partial charge in [0.15, 0.2) is 27.3 Å². The molecule has 9 nitrogen and oxygen atoms in total. The number of hydrogen-bond acceptors (Lipinski definition) is 8. The molecule has 1 aliphatic heterocycles. The first-order chi connectivity index (χ1) is 20.6. The number of likely N-dealkylation sites (tertiary alicyclic amines) is 1. The summed E-state index contributed by atoms with van der Waals surface area (Å²) in [4.78, 5) is 17.0. The van der Waals surface area contributed by atoms with Crippen LogP contribution in [0.4, 0.5) is 19.0 Å². The Morgan fingerprint density at radius 3 is 2.49 bits per heavy atom. The summed E-state index contributed by atoms with van der Waals surface area (Å²) < 4.78 is 78.4. The highest BCUT2D eigenvalue weighted by molar-refractivity contribution is 7.90. The highest BCUT2D eigenvalue weighted by atomic mass is 32.2. The largest absolute Gasteiger partial charge is 0.383 e. The molecule has 43 heavy (non-hydrogen) atoms. The lowest BCUT2D eigenvalue weighted by Gasteiger charge is -2.37. The first-order valence-electron chi connectivity index (χ1n) is 14.2. The molecule has 0 amide bonds. The second kappa shape index (κ2) is 13.0. The zero-order valence-corrected chi connectivity index (χ0v) is 25.2. The lowest BCUT2D eigenvalue weighted by Crippen LogP contribution is -2.44. The maximum atomic E-state index is 15.9. The summed E-state index contributed by atoms with van der Waals surface area (Å²) in [6.45, 7) is 4.88. The van der Waals surface area contributed by atoms with Crippen molar-refractivity contribution in [3.63, 3.8) is 0 Å².